The van der Waals surface area contributed by atoms with E-state index in [-0.39, 0.29) is 19.1 Å². The first-order chi connectivity index (χ1) is 10.6. The van der Waals surface area contributed by atoms with Crippen molar-refractivity contribution in [3.8, 4) is 5.75 Å². The maximum atomic E-state index is 11.9. The monoisotopic (exact) mass is 304 g/mol. The summed E-state index contributed by atoms with van der Waals surface area (Å²) in [5.74, 6) is 0.263. The zero-order valence-electron chi connectivity index (χ0n) is 12.3. The van der Waals surface area contributed by atoms with Crippen LogP contribution in [0.1, 0.15) is 21.8 Å². The molecule has 0 unspecified atom stereocenters. The van der Waals surface area contributed by atoms with E-state index in [0.717, 1.165) is 0 Å². The van der Waals surface area contributed by atoms with E-state index < -0.39 is 5.97 Å². The Hall–Kier alpha value is -2.83. The Balaban J connectivity index is 1.78. The Kier molecular flexibility index (Phi) is 5.13. The summed E-state index contributed by atoms with van der Waals surface area (Å²) in [5, 5.41) is 6.17. The topological polar surface area (TPSA) is 90.7 Å². The standard InChI is InChI=1S/C15H16N2O5/c1-10-6-12(17-22-10)9-21-14(18)8-16-15(19)11-4-3-5-13(7-11)20-2/h3-7H,8-9H2,1-2H3,(H,16,19). The van der Waals surface area contributed by atoms with Gasteiger partial charge in [-0.3, -0.25) is 9.59 Å². The minimum absolute atomic E-state index is 0.00516. The van der Waals surface area contributed by atoms with Crippen LogP contribution < -0.4 is 10.1 Å². The van der Waals surface area contributed by atoms with Crippen LogP contribution >= 0.6 is 0 Å². The zero-order chi connectivity index (χ0) is 15.9. The van der Waals surface area contributed by atoms with Gasteiger partial charge in [0, 0.05) is 11.6 Å². The number of nitrogens with one attached hydrogen (secondary N) is 1. The largest absolute Gasteiger partial charge is 0.497 e. The van der Waals surface area contributed by atoms with Gasteiger partial charge in [-0.2, -0.15) is 0 Å². The molecule has 0 spiro atoms. The van der Waals surface area contributed by atoms with Gasteiger partial charge in [-0.25, -0.2) is 0 Å². The summed E-state index contributed by atoms with van der Waals surface area (Å²) in [6.45, 7) is 1.52. The molecule has 0 bridgehead atoms. The van der Waals surface area contributed by atoms with E-state index in [9.17, 15) is 9.59 Å². The average Bonchev–Trinajstić information content (AvgIpc) is 2.96. The summed E-state index contributed by atoms with van der Waals surface area (Å²) in [6, 6.07) is 8.30. The van der Waals surface area contributed by atoms with Crippen LogP contribution in [-0.4, -0.2) is 30.7 Å². The molecule has 0 fully saturated rings. The number of methoxy groups -OCH3 is 1. The molecule has 22 heavy (non-hydrogen) atoms. The van der Waals surface area contributed by atoms with Crippen molar-refractivity contribution in [2.75, 3.05) is 13.7 Å². The molecule has 0 saturated carbocycles. The number of nitrogens with zero attached hydrogens (tertiary/aromatic N) is 1. The van der Waals surface area contributed by atoms with Crippen LogP contribution in [0.5, 0.6) is 5.75 Å². The molecule has 7 heteroatoms. The van der Waals surface area contributed by atoms with Crippen molar-refractivity contribution >= 4 is 11.9 Å². The molecular weight excluding hydrogens is 288 g/mol. The second-order valence-electron chi connectivity index (χ2n) is 4.50. The number of ether oxygens (including phenoxy) is 2. The molecule has 1 aromatic heterocycles. The van der Waals surface area contributed by atoms with E-state index >= 15 is 0 Å². The molecule has 0 aliphatic rings. The number of aromatic nitrogens is 1. The fourth-order valence-electron chi connectivity index (χ4n) is 1.71. The molecule has 1 amide bonds. The normalized spacial score (nSPS) is 10.1. The minimum Gasteiger partial charge on any atom is -0.497 e. The fourth-order valence-corrected chi connectivity index (χ4v) is 1.71. The van der Waals surface area contributed by atoms with Gasteiger partial charge in [0.2, 0.25) is 0 Å². The number of hydrogen-bond donors (Lipinski definition) is 1. The number of hydrogen-bond acceptors (Lipinski definition) is 6. The van der Waals surface area contributed by atoms with Crippen LogP contribution in [0.4, 0.5) is 0 Å². The maximum Gasteiger partial charge on any atom is 0.325 e. The van der Waals surface area contributed by atoms with Crippen molar-refractivity contribution in [2.24, 2.45) is 0 Å². The summed E-state index contributed by atoms with van der Waals surface area (Å²) in [5.41, 5.74) is 0.921. The van der Waals surface area contributed by atoms with Crippen molar-refractivity contribution in [3.05, 3.63) is 47.3 Å². The van der Waals surface area contributed by atoms with E-state index in [1.54, 1.807) is 37.3 Å². The van der Waals surface area contributed by atoms with E-state index in [4.69, 9.17) is 14.0 Å². The predicted molar refractivity (Wildman–Crippen MR) is 76.4 cm³/mol. The molecule has 2 rings (SSSR count). The number of amides is 1. The van der Waals surface area contributed by atoms with Crippen LogP contribution in [0.3, 0.4) is 0 Å². The van der Waals surface area contributed by atoms with Crippen LogP contribution in [0.2, 0.25) is 0 Å². The molecule has 2 aromatic rings. The van der Waals surface area contributed by atoms with Crippen molar-refractivity contribution in [3.63, 3.8) is 0 Å². The van der Waals surface area contributed by atoms with Crippen molar-refractivity contribution in [1.82, 2.24) is 10.5 Å². The molecule has 1 N–H and O–H groups in total. The zero-order valence-corrected chi connectivity index (χ0v) is 12.3. The molecule has 0 atom stereocenters. The summed E-state index contributed by atoms with van der Waals surface area (Å²) in [7, 11) is 1.51. The van der Waals surface area contributed by atoms with Gasteiger partial charge < -0.3 is 19.3 Å². The van der Waals surface area contributed by atoms with Gasteiger partial charge in [0.1, 0.15) is 30.4 Å². The quantitative estimate of drug-likeness (QED) is 0.813. The molecule has 0 saturated heterocycles. The van der Waals surface area contributed by atoms with Crippen molar-refractivity contribution in [2.45, 2.75) is 13.5 Å². The third-order valence-corrected chi connectivity index (χ3v) is 2.78. The van der Waals surface area contributed by atoms with Crippen LogP contribution in [-0.2, 0) is 16.1 Å². The molecule has 116 valence electrons. The average molecular weight is 304 g/mol. The van der Waals surface area contributed by atoms with Crippen LogP contribution in [0.15, 0.2) is 34.9 Å². The van der Waals surface area contributed by atoms with E-state index in [0.29, 0.717) is 22.8 Å². The van der Waals surface area contributed by atoms with Crippen LogP contribution in [0.25, 0.3) is 0 Å². The molecule has 0 radical (unpaired) electrons. The number of benzene rings is 1. The van der Waals surface area contributed by atoms with Gasteiger partial charge >= 0.3 is 5.97 Å². The van der Waals surface area contributed by atoms with Crippen LogP contribution in [0, 0.1) is 6.92 Å². The Bertz CT molecular complexity index is 665. The Morgan fingerprint density at radius 1 is 1.32 bits per heavy atom. The van der Waals surface area contributed by atoms with Gasteiger partial charge in [-0.1, -0.05) is 11.2 Å². The lowest BCUT2D eigenvalue weighted by Crippen LogP contribution is -2.30. The summed E-state index contributed by atoms with van der Waals surface area (Å²) in [6.07, 6.45) is 0. The first kappa shape index (κ1) is 15.6. The lowest BCUT2D eigenvalue weighted by atomic mass is 10.2. The SMILES string of the molecule is COc1cccc(C(=O)NCC(=O)OCc2cc(C)on2)c1. The summed E-state index contributed by atoms with van der Waals surface area (Å²) < 4.78 is 14.9. The van der Waals surface area contributed by atoms with Gasteiger partial charge in [-0.15, -0.1) is 0 Å². The van der Waals surface area contributed by atoms with Crippen molar-refractivity contribution < 1.29 is 23.6 Å². The van der Waals surface area contributed by atoms with Gasteiger partial charge in [-0.05, 0) is 25.1 Å². The summed E-state index contributed by atoms with van der Waals surface area (Å²) in [4.78, 5) is 23.5. The number of aryl methyl sites for hydroxylation is 1. The van der Waals surface area contributed by atoms with Gasteiger partial charge in [0.05, 0.1) is 7.11 Å². The highest BCUT2D eigenvalue weighted by Gasteiger charge is 2.10. The Morgan fingerprint density at radius 2 is 2.14 bits per heavy atom. The lowest BCUT2D eigenvalue weighted by Gasteiger charge is -2.06. The molecule has 0 aliphatic heterocycles. The minimum atomic E-state index is -0.558. The fraction of sp³-hybridized carbons (Fsp3) is 0.267. The Labute approximate surface area is 127 Å². The van der Waals surface area contributed by atoms with E-state index in [1.807, 2.05) is 0 Å². The second kappa shape index (κ2) is 7.26. The number of esters is 1. The number of carbonyl (C=O) groups is 2. The first-order valence-corrected chi connectivity index (χ1v) is 6.58. The Morgan fingerprint density at radius 3 is 2.82 bits per heavy atom. The molecule has 1 aromatic carbocycles. The smallest absolute Gasteiger partial charge is 0.325 e. The maximum absolute atomic E-state index is 11.9. The van der Waals surface area contributed by atoms with Crippen molar-refractivity contribution in [1.29, 1.82) is 0 Å². The molecule has 7 nitrogen and oxygen atoms in total. The third-order valence-electron chi connectivity index (χ3n) is 2.78. The highest BCUT2D eigenvalue weighted by atomic mass is 16.5. The van der Waals surface area contributed by atoms with E-state index in [1.165, 1.54) is 7.11 Å². The van der Waals surface area contributed by atoms with Gasteiger partial charge in [0.25, 0.3) is 5.91 Å². The third kappa shape index (κ3) is 4.34. The lowest BCUT2D eigenvalue weighted by molar-refractivity contribution is -0.143. The number of rotatable bonds is 6. The van der Waals surface area contributed by atoms with Gasteiger partial charge in [0.15, 0.2) is 0 Å². The van der Waals surface area contributed by atoms with E-state index in [2.05, 4.69) is 10.5 Å². The second-order valence-corrected chi connectivity index (χ2v) is 4.50. The first-order valence-electron chi connectivity index (χ1n) is 6.58. The predicted octanol–water partition coefficient (Wildman–Crippen LogP) is 1.46. The highest BCUT2D eigenvalue weighted by molar-refractivity contribution is 5.96. The highest BCUT2D eigenvalue weighted by Crippen LogP contribution is 2.12. The molecular formula is C15H16N2O5. The molecule has 0 aliphatic carbocycles. The summed E-state index contributed by atoms with van der Waals surface area (Å²) >= 11 is 0. The molecule has 1 heterocycles. The number of carbonyl (C=O) groups excluding carboxylic acids is 2.